The molecule has 5 heteroatoms. The van der Waals surface area contributed by atoms with Gasteiger partial charge in [0.05, 0.1) is 4.47 Å². The molecule has 1 amide bonds. The second-order valence-corrected chi connectivity index (χ2v) is 5.40. The lowest BCUT2D eigenvalue weighted by Crippen LogP contribution is -2.46. The molecule has 1 atom stereocenters. The molecular weight excluding hydrogens is 299 g/mol. The fraction of sp³-hybridized carbons (Fsp3) is 0.462. The predicted octanol–water partition coefficient (Wildman–Crippen LogP) is 2.41. The summed E-state index contributed by atoms with van der Waals surface area (Å²) in [5, 5.41) is 3.28. The van der Waals surface area contributed by atoms with Gasteiger partial charge in [-0.1, -0.05) is 0 Å². The highest BCUT2D eigenvalue weighted by atomic mass is 79.9. The fourth-order valence-electron chi connectivity index (χ4n) is 2.16. The maximum absolute atomic E-state index is 13.1. The van der Waals surface area contributed by atoms with Crippen molar-refractivity contribution in [2.24, 2.45) is 0 Å². The molecule has 1 aliphatic heterocycles. The molecular formula is C13H16BrFN2O. The van der Waals surface area contributed by atoms with Crippen LogP contribution in [0.3, 0.4) is 0 Å². The molecule has 98 valence electrons. The monoisotopic (exact) mass is 314 g/mol. The van der Waals surface area contributed by atoms with E-state index in [9.17, 15) is 9.18 Å². The minimum absolute atomic E-state index is 0.0654. The Morgan fingerprint density at radius 1 is 1.56 bits per heavy atom. The van der Waals surface area contributed by atoms with E-state index in [1.165, 1.54) is 18.2 Å². The normalized spacial score (nSPS) is 19.6. The van der Waals surface area contributed by atoms with Crippen LogP contribution in [-0.2, 0) is 0 Å². The first-order chi connectivity index (χ1) is 8.59. The number of carbonyl (C=O) groups is 1. The molecule has 0 aromatic heterocycles. The van der Waals surface area contributed by atoms with Crippen LogP contribution in [0.15, 0.2) is 22.7 Å². The van der Waals surface area contributed by atoms with Gasteiger partial charge in [-0.05, 0) is 53.5 Å². The molecule has 0 spiro atoms. The van der Waals surface area contributed by atoms with Crippen LogP contribution < -0.4 is 5.32 Å². The largest absolute Gasteiger partial charge is 0.337 e. The topological polar surface area (TPSA) is 32.3 Å². The van der Waals surface area contributed by atoms with Crippen molar-refractivity contribution in [2.45, 2.75) is 18.9 Å². The van der Waals surface area contributed by atoms with Crippen molar-refractivity contribution in [3.63, 3.8) is 0 Å². The van der Waals surface area contributed by atoms with Gasteiger partial charge >= 0.3 is 0 Å². The van der Waals surface area contributed by atoms with Crippen LogP contribution in [0.1, 0.15) is 23.2 Å². The van der Waals surface area contributed by atoms with Crippen LogP contribution in [0.5, 0.6) is 0 Å². The van der Waals surface area contributed by atoms with Gasteiger partial charge in [-0.15, -0.1) is 0 Å². The van der Waals surface area contributed by atoms with Gasteiger partial charge in [0.25, 0.3) is 5.91 Å². The van der Waals surface area contributed by atoms with Gasteiger partial charge in [-0.2, -0.15) is 0 Å². The summed E-state index contributed by atoms with van der Waals surface area (Å²) in [6.07, 6.45) is 2.09. The molecule has 1 N–H and O–H groups in total. The average molecular weight is 315 g/mol. The Morgan fingerprint density at radius 2 is 2.33 bits per heavy atom. The number of rotatable bonds is 2. The first-order valence-electron chi connectivity index (χ1n) is 6.02. The van der Waals surface area contributed by atoms with Crippen LogP contribution in [0.2, 0.25) is 0 Å². The molecule has 1 fully saturated rings. The van der Waals surface area contributed by atoms with E-state index in [1.54, 1.807) is 11.9 Å². The zero-order valence-electron chi connectivity index (χ0n) is 10.2. The maximum atomic E-state index is 13.1. The highest BCUT2D eigenvalue weighted by molar-refractivity contribution is 9.10. The summed E-state index contributed by atoms with van der Waals surface area (Å²) in [4.78, 5) is 14.0. The summed E-state index contributed by atoms with van der Waals surface area (Å²) in [6.45, 7) is 1.84. The lowest BCUT2D eigenvalue weighted by Gasteiger charge is -2.31. The van der Waals surface area contributed by atoms with Gasteiger partial charge in [0.15, 0.2) is 0 Å². The number of likely N-dealkylation sites (N-methyl/N-ethyl adjacent to an activating group) is 1. The number of carbonyl (C=O) groups excluding carboxylic acids is 1. The Bertz CT molecular complexity index is 447. The van der Waals surface area contributed by atoms with Crippen LogP contribution in [-0.4, -0.2) is 37.0 Å². The first kappa shape index (κ1) is 13.5. The summed E-state index contributed by atoms with van der Waals surface area (Å²) in [6, 6.07) is 4.58. The van der Waals surface area contributed by atoms with Crippen LogP contribution >= 0.6 is 15.9 Å². The number of nitrogens with one attached hydrogen (secondary N) is 1. The molecule has 18 heavy (non-hydrogen) atoms. The Labute approximate surface area is 114 Å². The van der Waals surface area contributed by atoms with E-state index in [2.05, 4.69) is 21.2 Å². The van der Waals surface area contributed by atoms with Crippen LogP contribution in [0.25, 0.3) is 0 Å². The SMILES string of the molecule is CN(C(=O)c1ccc(F)c(Br)c1)C1CCCNC1. The lowest BCUT2D eigenvalue weighted by molar-refractivity contribution is 0.0708. The van der Waals surface area contributed by atoms with Crippen molar-refractivity contribution in [1.82, 2.24) is 10.2 Å². The third-order valence-electron chi connectivity index (χ3n) is 3.31. The number of nitrogens with zero attached hydrogens (tertiary/aromatic N) is 1. The van der Waals surface area contributed by atoms with E-state index in [0.717, 1.165) is 25.9 Å². The predicted molar refractivity (Wildman–Crippen MR) is 72.1 cm³/mol. The van der Waals surface area contributed by atoms with Gasteiger partial charge in [0.1, 0.15) is 5.82 Å². The smallest absolute Gasteiger partial charge is 0.253 e. The van der Waals surface area contributed by atoms with Crippen molar-refractivity contribution in [2.75, 3.05) is 20.1 Å². The molecule has 0 bridgehead atoms. The Morgan fingerprint density at radius 3 is 2.94 bits per heavy atom. The van der Waals surface area contributed by atoms with Gasteiger partial charge in [0, 0.05) is 25.2 Å². The van der Waals surface area contributed by atoms with Crippen molar-refractivity contribution >= 4 is 21.8 Å². The molecule has 1 saturated heterocycles. The summed E-state index contributed by atoms with van der Waals surface area (Å²) in [7, 11) is 1.80. The summed E-state index contributed by atoms with van der Waals surface area (Å²) in [5.74, 6) is -0.419. The van der Waals surface area contributed by atoms with Crippen molar-refractivity contribution in [3.05, 3.63) is 34.1 Å². The Kier molecular flexibility index (Phi) is 4.35. The maximum Gasteiger partial charge on any atom is 0.253 e. The number of benzene rings is 1. The summed E-state index contributed by atoms with van der Waals surface area (Å²) in [5.41, 5.74) is 0.511. The number of hydrogen-bond acceptors (Lipinski definition) is 2. The average Bonchev–Trinajstić information content (AvgIpc) is 2.41. The lowest BCUT2D eigenvalue weighted by atomic mass is 10.1. The molecule has 1 aromatic rings. The minimum Gasteiger partial charge on any atom is -0.337 e. The van der Waals surface area contributed by atoms with Crippen molar-refractivity contribution in [3.8, 4) is 0 Å². The quantitative estimate of drug-likeness (QED) is 0.909. The van der Waals surface area contributed by atoms with E-state index in [1.807, 2.05) is 0 Å². The third kappa shape index (κ3) is 2.90. The number of piperidine rings is 1. The van der Waals surface area contributed by atoms with Gasteiger partial charge < -0.3 is 10.2 Å². The zero-order chi connectivity index (χ0) is 13.1. The number of amides is 1. The number of hydrogen-bond donors (Lipinski definition) is 1. The highest BCUT2D eigenvalue weighted by Crippen LogP contribution is 2.19. The Hall–Kier alpha value is -0.940. The molecule has 1 unspecified atom stereocenters. The van der Waals surface area contributed by atoms with Gasteiger partial charge in [-0.25, -0.2) is 4.39 Å². The van der Waals surface area contributed by atoms with E-state index in [4.69, 9.17) is 0 Å². The third-order valence-corrected chi connectivity index (χ3v) is 3.91. The molecule has 0 saturated carbocycles. The van der Waals surface area contributed by atoms with Crippen LogP contribution in [0.4, 0.5) is 4.39 Å². The van der Waals surface area contributed by atoms with Crippen LogP contribution in [0, 0.1) is 5.82 Å². The second kappa shape index (κ2) is 5.80. The molecule has 0 radical (unpaired) electrons. The Balaban J connectivity index is 2.11. The van der Waals surface area contributed by atoms with E-state index >= 15 is 0 Å². The van der Waals surface area contributed by atoms with E-state index in [-0.39, 0.29) is 17.8 Å². The minimum atomic E-state index is -0.353. The second-order valence-electron chi connectivity index (χ2n) is 4.55. The number of halogens is 2. The summed E-state index contributed by atoms with van der Waals surface area (Å²) < 4.78 is 13.5. The molecule has 1 aromatic carbocycles. The molecule has 2 rings (SSSR count). The van der Waals surface area contributed by atoms with Gasteiger partial charge in [-0.3, -0.25) is 4.79 Å². The summed E-state index contributed by atoms with van der Waals surface area (Å²) >= 11 is 3.10. The zero-order valence-corrected chi connectivity index (χ0v) is 11.8. The fourth-order valence-corrected chi connectivity index (χ4v) is 2.54. The standard InChI is InChI=1S/C13H16BrFN2O/c1-17(10-3-2-6-16-8-10)13(18)9-4-5-12(15)11(14)7-9/h4-5,7,10,16H,2-3,6,8H2,1H3. The highest BCUT2D eigenvalue weighted by Gasteiger charge is 2.23. The first-order valence-corrected chi connectivity index (χ1v) is 6.82. The van der Waals surface area contributed by atoms with Crippen molar-refractivity contribution < 1.29 is 9.18 Å². The molecule has 0 aliphatic carbocycles. The van der Waals surface area contributed by atoms with E-state index < -0.39 is 0 Å². The molecule has 3 nitrogen and oxygen atoms in total. The molecule has 1 aliphatic rings. The van der Waals surface area contributed by atoms with Crippen molar-refractivity contribution in [1.29, 1.82) is 0 Å². The molecule has 1 heterocycles. The van der Waals surface area contributed by atoms with Gasteiger partial charge in [0.2, 0.25) is 0 Å². The van der Waals surface area contributed by atoms with E-state index in [0.29, 0.717) is 10.0 Å².